The van der Waals surface area contributed by atoms with Crippen molar-refractivity contribution in [1.29, 1.82) is 0 Å². The van der Waals surface area contributed by atoms with E-state index in [1.165, 1.54) is 0 Å². The summed E-state index contributed by atoms with van der Waals surface area (Å²) in [5.74, 6) is 1.70. The molecule has 3 rings (SSSR count). The second-order valence-corrected chi connectivity index (χ2v) is 5.35. The van der Waals surface area contributed by atoms with Gasteiger partial charge in [0.15, 0.2) is 0 Å². The number of pyridine rings is 1. The summed E-state index contributed by atoms with van der Waals surface area (Å²) in [6.45, 7) is 4.34. The van der Waals surface area contributed by atoms with Gasteiger partial charge in [0.25, 0.3) is 0 Å². The molecule has 0 N–H and O–H groups in total. The molecule has 0 fully saturated rings. The van der Waals surface area contributed by atoms with Crippen molar-refractivity contribution in [2.45, 2.75) is 26.3 Å². The SMILES string of the molecule is CC(C)CC(c1nc(-c2ccncc2)no1)n1ccnc1. The van der Waals surface area contributed by atoms with Crippen molar-refractivity contribution in [2.75, 3.05) is 0 Å². The van der Waals surface area contributed by atoms with E-state index in [0.717, 1.165) is 12.0 Å². The molecule has 0 aliphatic rings. The van der Waals surface area contributed by atoms with Crippen molar-refractivity contribution in [3.05, 3.63) is 49.1 Å². The van der Waals surface area contributed by atoms with Crippen LogP contribution in [0, 0.1) is 5.92 Å². The first-order valence-corrected chi connectivity index (χ1v) is 6.95. The smallest absolute Gasteiger partial charge is 0.250 e. The molecule has 1 atom stereocenters. The Hall–Kier alpha value is -2.50. The van der Waals surface area contributed by atoms with Crippen molar-refractivity contribution in [1.82, 2.24) is 24.7 Å². The Morgan fingerprint density at radius 1 is 1.14 bits per heavy atom. The van der Waals surface area contributed by atoms with Gasteiger partial charge in [-0.05, 0) is 24.5 Å². The fourth-order valence-corrected chi connectivity index (χ4v) is 2.24. The number of imidazole rings is 1. The highest BCUT2D eigenvalue weighted by Gasteiger charge is 2.22. The van der Waals surface area contributed by atoms with Gasteiger partial charge < -0.3 is 9.09 Å². The van der Waals surface area contributed by atoms with Crippen molar-refractivity contribution >= 4 is 0 Å². The Bertz CT molecular complexity index is 675. The summed E-state index contributed by atoms with van der Waals surface area (Å²) in [6, 6.07) is 3.74. The van der Waals surface area contributed by atoms with Crippen LogP contribution >= 0.6 is 0 Å². The summed E-state index contributed by atoms with van der Waals surface area (Å²) in [6.07, 6.45) is 9.80. The van der Waals surface area contributed by atoms with Gasteiger partial charge in [-0.2, -0.15) is 4.98 Å². The third kappa shape index (κ3) is 2.99. The maximum Gasteiger partial charge on any atom is 0.250 e. The first-order valence-electron chi connectivity index (χ1n) is 6.95. The van der Waals surface area contributed by atoms with Crippen LogP contribution in [0.15, 0.2) is 47.8 Å². The molecule has 21 heavy (non-hydrogen) atoms. The van der Waals surface area contributed by atoms with E-state index in [-0.39, 0.29) is 6.04 Å². The van der Waals surface area contributed by atoms with Gasteiger partial charge in [0.2, 0.25) is 11.7 Å². The molecule has 3 heterocycles. The van der Waals surface area contributed by atoms with E-state index in [0.29, 0.717) is 17.6 Å². The van der Waals surface area contributed by atoms with Gasteiger partial charge in [0, 0.05) is 30.4 Å². The molecule has 0 saturated carbocycles. The van der Waals surface area contributed by atoms with Crippen LogP contribution in [-0.4, -0.2) is 24.7 Å². The van der Waals surface area contributed by atoms with Crippen LogP contribution in [0.25, 0.3) is 11.4 Å². The zero-order valence-corrected chi connectivity index (χ0v) is 12.0. The number of hydrogen-bond acceptors (Lipinski definition) is 5. The standard InChI is InChI=1S/C15H17N5O/c1-11(2)9-13(20-8-7-17-10-20)15-18-14(19-21-15)12-3-5-16-6-4-12/h3-8,10-11,13H,9H2,1-2H3. The van der Waals surface area contributed by atoms with E-state index in [4.69, 9.17) is 4.52 Å². The first-order chi connectivity index (χ1) is 10.2. The van der Waals surface area contributed by atoms with Crippen molar-refractivity contribution in [2.24, 2.45) is 5.92 Å². The van der Waals surface area contributed by atoms with E-state index in [1.807, 2.05) is 22.9 Å². The van der Waals surface area contributed by atoms with E-state index in [1.54, 1.807) is 24.9 Å². The molecule has 1 unspecified atom stereocenters. The zero-order chi connectivity index (χ0) is 14.7. The van der Waals surface area contributed by atoms with Gasteiger partial charge >= 0.3 is 0 Å². The van der Waals surface area contributed by atoms with Gasteiger partial charge in [-0.15, -0.1) is 0 Å². The summed E-state index contributed by atoms with van der Waals surface area (Å²) in [7, 11) is 0. The predicted octanol–water partition coefficient (Wildman–Crippen LogP) is 2.96. The lowest BCUT2D eigenvalue weighted by Crippen LogP contribution is -2.12. The van der Waals surface area contributed by atoms with E-state index in [2.05, 4.69) is 34.0 Å². The highest BCUT2D eigenvalue weighted by Crippen LogP contribution is 2.26. The molecule has 0 aromatic carbocycles. The molecule has 6 heteroatoms. The molecular formula is C15H17N5O. The molecule has 6 nitrogen and oxygen atoms in total. The van der Waals surface area contributed by atoms with Crippen LogP contribution in [0.1, 0.15) is 32.2 Å². The van der Waals surface area contributed by atoms with E-state index < -0.39 is 0 Å². The summed E-state index contributed by atoms with van der Waals surface area (Å²) in [4.78, 5) is 12.6. The Balaban J connectivity index is 1.92. The Morgan fingerprint density at radius 2 is 1.95 bits per heavy atom. The molecule has 108 valence electrons. The molecular weight excluding hydrogens is 266 g/mol. The number of aromatic nitrogens is 5. The Morgan fingerprint density at radius 3 is 2.62 bits per heavy atom. The topological polar surface area (TPSA) is 69.6 Å². The van der Waals surface area contributed by atoms with Gasteiger partial charge in [-0.25, -0.2) is 4.98 Å². The second-order valence-electron chi connectivity index (χ2n) is 5.35. The van der Waals surface area contributed by atoms with Gasteiger partial charge in [0.05, 0.1) is 6.33 Å². The summed E-state index contributed by atoms with van der Waals surface area (Å²) in [5, 5.41) is 4.08. The molecule has 0 saturated heterocycles. The van der Waals surface area contributed by atoms with E-state index in [9.17, 15) is 0 Å². The minimum atomic E-state index is 0.00980. The van der Waals surface area contributed by atoms with Gasteiger partial charge in [-0.1, -0.05) is 19.0 Å². The van der Waals surface area contributed by atoms with Crippen LogP contribution in [0.2, 0.25) is 0 Å². The summed E-state index contributed by atoms with van der Waals surface area (Å²) >= 11 is 0. The first kappa shape index (κ1) is 13.5. The lowest BCUT2D eigenvalue weighted by Gasteiger charge is -2.16. The normalized spacial score (nSPS) is 12.7. The quantitative estimate of drug-likeness (QED) is 0.720. The van der Waals surface area contributed by atoms with Gasteiger partial charge in [0.1, 0.15) is 6.04 Å². The maximum absolute atomic E-state index is 5.48. The fraction of sp³-hybridized carbons (Fsp3) is 0.333. The lowest BCUT2D eigenvalue weighted by molar-refractivity contribution is 0.311. The number of rotatable bonds is 5. The molecule has 3 aromatic rings. The van der Waals surface area contributed by atoms with E-state index >= 15 is 0 Å². The molecule has 0 spiro atoms. The molecule has 0 aliphatic carbocycles. The highest BCUT2D eigenvalue weighted by molar-refractivity contribution is 5.52. The monoisotopic (exact) mass is 283 g/mol. The van der Waals surface area contributed by atoms with Crippen LogP contribution in [0.3, 0.4) is 0 Å². The molecule has 0 radical (unpaired) electrons. The average Bonchev–Trinajstić information content (AvgIpc) is 3.17. The van der Waals surface area contributed by atoms with Crippen molar-refractivity contribution in [3.8, 4) is 11.4 Å². The van der Waals surface area contributed by atoms with Crippen LogP contribution in [-0.2, 0) is 0 Å². The predicted molar refractivity (Wildman–Crippen MR) is 77.4 cm³/mol. The number of nitrogens with zero attached hydrogens (tertiary/aromatic N) is 5. The van der Waals surface area contributed by atoms with Gasteiger partial charge in [-0.3, -0.25) is 4.98 Å². The third-order valence-electron chi connectivity index (χ3n) is 3.24. The van der Waals surface area contributed by atoms with Crippen LogP contribution in [0.5, 0.6) is 0 Å². The third-order valence-corrected chi connectivity index (χ3v) is 3.24. The average molecular weight is 283 g/mol. The largest absolute Gasteiger partial charge is 0.337 e. The number of hydrogen-bond donors (Lipinski definition) is 0. The Labute approximate surface area is 122 Å². The molecule has 0 bridgehead atoms. The van der Waals surface area contributed by atoms with Crippen molar-refractivity contribution < 1.29 is 4.52 Å². The van der Waals surface area contributed by atoms with Crippen molar-refractivity contribution in [3.63, 3.8) is 0 Å². The minimum Gasteiger partial charge on any atom is -0.337 e. The minimum absolute atomic E-state index is 0.00980. The molecule has 0 amide bonds. The maximum atomic E-state index is 5.48. The summed E-state index contributed by atoms with van der Waals surface area (Å²) in [5.41, 5.74) is 0.897. The Kier molecular flexibility index (Phi) is 3.77. The lowest BCUT2D eigenvalue weighted by atomic mass is 10.0. The molecule has 3 aromatic heterocycles. The van der Waals surface area contributed by atoms with Crippen LogP contribution in [0.4, 0.5) is 0 Å². The summed E-state index contributed by atoms with van der Waals surface area (Å²) < 4.78 is 7.48. The fourth-order valence-electron chi connectivity index (χ4n) is 2.24. The van der Waals surface area contributed by atoms with Crippen LogP contribution < -0.4 is 0 Å². The zero-order valence-electron chi connectivity index (χ0n) is 12.0. The molecule has 0 aliphatic heterocycles. The second kappa shape index (κ2) is 5.87. The highest BCUT2D eigenvalue weighted by atomic mass is 16.5.